The number of carbonyl (C=O) groups is 4. The Kier molecular flexibility index (Phi) is 6.46. The van der Waals surface area contributed by atoms with Gasteiger partial charge in [0.15, 0.2) is 0 Å². The van der Waals surface area contributed by atoms with Crippen molar-refractivity contribution in [1.29, 1.82) is 0 Å². The topological polar surface area (TPSA) is 144 Å². The summed E-state index contributed by atoms with van der Waals surface area (Å²) < 4.78 is 0. The van der Waals surface area contributed by atoms with Crippen molar-refractivity contribution in [2.24, 2.45) is 5.11 Å². The lowest BCUT2D eigenvalue weighted by atomic mass is 10.0. The van der Waals surface area contributed by atoms with Gasteiger partial charge in [-0.05, 0) is 36.9 Å². The molecule has 2 heterocycles. The molecule has 29 heavy (non-hydrogen) atoms. The van der Waals surface area contributed by atoms with Gasteiger partial charge < -0.3 is 5.32 Å². The van der Waals surface area contributed by atoms with E-state index in [9.17, 15) is 19.2 Å². The maximum absolute atomic E-state index is 13.0. The fourth-order valence-corrected chi connectivity index (χ4v) is 3.59. The summed E-state index contributed by atoms with van der Waals surface area (Å²) in [6, 6.07) is 4.03. The average Bonchev–Trinajstić information content (AvgIpc) is 2.95. The number of benzene rings is 1. The number of piperidine rings is 1. The summed E-state index contributed by atoms with van der Waals surface area (Å²) in [7, 11) is 0. The molecule has 10 nitrogen and oxygen atoms in total. The summed E-state index contributed by atoms with van der Waals surface area (Å²) in [5.41, 5.74) is 9.33. The summed E-state index contributed by atoms with van der Waals surface area (Å²) in [5.74, 6) is -2.05. The largest absolute Gasteiger partial charge is 0.384 e. The minimum Gasteiger partial charge on any atom is -0.384 e. The van der Waals surface area contributed by atoms with Crippen LogP contribution in [0.3, 0.4) is 0 Å². The number of amides is 4. The van der Waals surface area contributed by atoms with Gasteiger partial charge in [-0.2, -0.15) is 0 Å². The summed E-state index contributed by atoms with van der Waals surface area (Å²) in [6.45, 7) is 1.11. The Hall–Kier alpha value is -3.39. The number of anilines is 1. The van der Waals surface area contributed by atoms with E-state index in [2.05, 4.69) is 20.7 Å². The minimum atomic E-state index is -0.969. The van der Waals surface area contributed by atoms with Crippen LogP contribution in [0.2, 0.25) is 0 Å². The number of carbonyl (C=O) groups excluding carboxylic acids is 4. The number of nitrogens with one attached hydrogen (secondary N) is 2. The Morgan fingerprint density at radius 3 is 2.69 bits per heavy atom. The van der Waals surface area contributed by atoms with E-state index in [4.69, 9.17) is 5.53 Å². The van der Waals surface area contributed by atoms with Crippen molar-refractivity contribution >= 4 is 29.3 Å². The second-order valence-electron chi connectivity index (χ2n) is 6.97. The molecular weight excluding hydrogens is 376 g/mol. The maximum Gasteiger partial charge on any atom is 0.264 e. The molecule has 0 bridgehead atoms. The minimum absolute atomic E-state index is 0.0919. The highest BCUT2D eigenvalue weighted by atomic mass is 16.2. The molecule has 2 aliphatic rings. The highest BCUT2D eigenvalue weighted by molar-refractivity contribution is 6.25. The number of imide groups is 2. The van der Waals surface area contributed by atoms with E-state index in [0.29, 0.717) is 18.8 Å². The molecule has 0 aromatic heterocycles. The number of hydrogen-bond donors (Lipinski definition) is 2. The van der Waals surface area contributed by atoms with Crippen molar-refractivity contribution in [3.63, 3.8) is 0 Å². The van der Waals surface area contributed by atoms with Crippen LogP contribution in [0.5, 0.6) is 0 Å². The third-order valence-electron chi connectivity index (χ3n) is 5.03. The van der Waals surface area contributed by atoms with Gasteiger partial charge in [0, 0.05) is 30.1 Å². The second-order valence-corrected chi connectivity index (χ2v) is 6.97. The molecule has 2 aliphatic heterocycles. The smallest absolute Gasteiger partial charge is 0.264 e. The highest BCUT2D eigenvalue weighted by Crippen LogP contribution is 2.32. The van der Waals surface area contributed by atoms with Gasteiger partial charge in [0.05, 0.1) is 11.1 Å². The zero-order valence-corrected chi connectivity index (χ0v) is 15.9. The first-order valence-electron chi connectivity index (χ1n) is 9.64. The first-order valence-corrected chi connectivity index (χ1v) is 9.64. The first kappa shape index (κ1) is 20.3. The van der Waals surface area contributed by atoms with Crippen LogP contribution in [0, 0.1) is 0 Å². The van der Waals surface area contributed by atoms with Crippen LogP contribution in [0.25, 0.3) is 10.4 Å². The van der Waals surface area contributed by atoms with Crippen molar-refractivity contribution in [3.8, 4) is 0 Å². The monoisotopic (exact) mass is 398 g/mol. The molecule has 1 aromatic carbocycles. The Morgan fingerprint density at radius 2 is 1.93 bits per heavy atom. The zero-order valence-electron chi connectivity index (χ0n) is 15.9. The van der Waals surface area contributed by atoms with Crippen molar-refractivity contribution in [1.82, 2.24) is 10.2 Å². The summed E-state index contributed by atoms with van der Waals surface area (Å²) in [6.07, 6.45) is 3.80. The molecule has 1 unspecified atom stereocenters. The van der Waals surface area contributed by atoms with Crippen LogP contribution in [-0.2, 0) is 9.59 Å². The Balaban J connectivity index is 1.63. The van der Waals surface area contributed by atoms with Crippen molar-refractivity contribution in [3.05, 3.63) is 39.8 Å². The van der Waals surface area contributed by atoms with E-state index in [-0.39, 0.29) is 24.0 Å². The van der Waals surface area contributed by atoms with Gasteiger partial charge in [0.2, 0.25) is 11.8 Å². The van der Waals surface area contributed by atoms with Crippen LogP contribution in [0.15, 0.2) is 23.3 Å². The number of hydrogen-bond acceptors (Lipinski definition) is 6. The number of nitrogens with zero attached hydrogens (tertiary/aromatic N) is 4. The number of fused-ring (bicyclic) bond motifs is 1. The molecule has 2 N–H and O–H groups in total. The van der Waals surface area contributed by atoms with E-state index in [1.54, 1.807) is 18.2 Å². The fraction of sp³-hybridized carbons (Fsp3) is 0.474. The van der Waals surface area contributed by atoms with Crippen LogP contribution >= 0.6 is 0 Å². The van der Waals surface area contributed by atoms with Crippen LogP contribution in [-0.4, -0.2) is 47.7 Å². The SMILES string of the molecule is [N-]=[N+]=NCCCCCCNc1cccc2c1C(=O)N(C1CCC(=O)NC1=O)C2=O. The lowest BCUT2D eigenvalue weighted by Crippen LogP contribution is -2.54. The molecule has 1 aromatic rings. The summed E-state index contributed by atoms with van der Waals surface area (Å²) >= 11 is 0. The second kappa shape index (κ2) is 9.20. The molecule has 0 saturated carbocycles. The first-order chi connectivity index (χ1) is 14.0. The van der Waals surface area contributed by atoms with Crippen LogP contribution in [0.4, 0.5) is 5.69 Å². The Bertz CT molecular complexity index is 893. The van der Waals surface area contributed by atoms with Crippen molar-refractivity contribution in [2.75, 3.05) is 18.4 Å². The van der Waals surface area contributed by atoms with Crippen molar-refractivity contribution in [2.45, 2.75) is 44.6 Å². The molecule has 1 fully saturated rings. The summed E-state index contributed by atoms with van der Waals surface area (Å²) in [5, 5.41) is 8.88. The van der Waals surface area contributed by atoms with Crippen LogP contribution < -0.4 is 10.6 Å². The molecular formula is C19H22N6O4. The van der Waals surface area contributed by atoms with Gasteiger partial charge in [-0.1, -0.05) is 24.0 Å². The third kappa shape index (κ3) is 4.38. The van der Waals surface area contributed by atoms with E-state index < -0.39 is 29.7 Å². The predicted octanol–water partition coefficient (Wildman–Crippen LogP) is 2.37. The molecule has 3 rings (SSSR count). The van der Waals surface area contributed by atoms with Gasteiger partial charge in [0.1, 0.15) is 6.04 Å². The number of rotatable bonds is 9. The maximum atomic E-state index is 13.0. The van der Waals surface area contributed by atoms with Gasteiger partial charge in [0.25, 0.3) is 11.8 Å². The lowest BCUT2D eigenvalue weighted by molar-refractivity contribution is -0.136. The van der Waals surface area contributed by atoms with E-state index in [1.807, 2.05) is 0 Å². The zero-order chi connectivity index (χ0) is 20.8. The predicted molar refractivity (Wildman–Crippen MR) is 104 cm³/mol. The van der Waals surface area contributed by atoms with E-state index in [0.717, 1.165) is 30.6 Å². The molecule has 10 heteroatoms. The van der Waals surface area contributed by atoms with Gasteiger partial charge in [-0.25, -0.2) is 0 Å². The molecule has 152 valence electrons. The average molecular weight is 398 g/mol. The van der Waals surface area contributed by atoms with E-state index in [1.165, 1.54) is 0 Å². The van der Waals surface area contributed by atoms with Gasteiger partial charge in [-0.15, -0.1) is 0 Å². The Morgan fingerprint density at radius 1 is 1.14 bits per heavy atom. The highest BCUT2D eigenvalue weighted by Gasteiger charge is 2.45. The molecule has 1 atom stereocenters. The van der Waals surface area contributed by atoms with Gasteiger partial charge >= 0.3 is 0 Å². The fourth-order valence-electron chi connectivity index (χ4n) is 3.59. The lowest BCUT2D eigenvalue weighted by Gasteiger charge is -2.27. The van der Waals surface area contributed by atoms with E-state index >= 15 is 0 Å². The van der Waals surface area contributed by atoms with Gasteiger partial charge in [-0.3, -0.25) is 29.4 Å². The summed E-state index contributed by atoms with van der Waals surface area (Å²) in [4.78, 5) is 52.9. The van der Waals surface area contributed by atoms with Crippen LogP contribution in [0.1, 0.15) is 59.2 Å². The molecule has 1 saturated heterocycles. The number of unbranched alkanes of at least 4 members (excludes halogenated alkanes) is 3. The molecule has 0 aliphatic carbocycles. The molecule has 0 radical (unpaired) electrons. The van der Waals surface area contributed by atoms with Crippen molar-refractivity contribution < 1.29 is 19.2 Å². The third-order valence-corrected chi connectivity index (χ3v) is 5.03. The standard InChI is InChI=1S/C19H22N6O4/c20-24-22-11-4-2-1-3-10-21-13-7-5-6-12-16(13)19(29)25(18(12)28)14-8-9-15(26)23-17(14)27/h5-7,14,21H,1-4,8-11H2,(H,23,26,27). The normalized spacial score (nSPS) is 18.3. The molecule has 0 spiro atoms. The quantitative estimate of drug-likeness (QED) is 0.216. The molecule has 4 amide bonds. The Labute approximate surface area is 167 Å². The number of azide groups is 1.